The van der Waals surface area contributed by atoms with Crippen LogP contribution in [0.3, 0.4) is 0 Å². The number of nitro groups is 1. The molecule has 1 amide bonds. The summed E-state index contributed by atoms with van der Waals surface area (Å²) in [6, 6.07) is 11.2. The molecule has 0 bridgehead atoms. The Balaban J connectivity index is 1.56. The molecular formula is C21H20N4O6. The number of carbonyl (C=O) groups is 2. The molecule has 160 valence electrons. The summed E-state index contributed by atoms with van der Waals surface area (Å²) in [4.78, 5) is 51.3. The number of ether oxygens (including phenoxy) is 1. The summed E-state index contributed by atoms with van der Waals surface area (Å²) in [6.45, 7) is 0.978. The van der Waals surface area contributed by atoms with Crippen molar-refractivity contribution in [2.24, 2.45) is 7.05 Å². The number of anilines is 1. The Bertz CT molecular complexity index is 1230. The van der Waals surface area contributed by atoms with Gasteiger partial charge in [-0.3, -0.25) is 29.1 Å². The number of rotatable bonds is 7. The highest BCUT2D eigenvalue weighted by Gasteiger charge is 2.16. The molecule has 0 saturated carbocycles. The molecule has 2 aromatic carbocycles. The Morgan fingerprint density at radius 1 is 1.19 bits per heavy atom. The van der Waals surface area contributed by atoms with Crippen LogP contribution in [-0.2, 0) is 27.8 Å². The van der Waals surface area contributed by atoms with Crippen molar-refractivity contribution in [1.82, 2.24) is 9.55 Å². The summed E-state index contributed by atoms with van der Waals surface area (Å²) in [5.41, 5.74) is 0.783. The second-order valence-electron chi connectivity index (χ2n) is 6.83. The van der Waals surface area contributed by atoms with E-state index in [9.17, 15) is 24.5 Å². The fourth-order valence-electron chi connectivity index (χ4n) is 3.06. The Labute approximate surface area is 176 Å². The van der Waals surface area contributed by atoms with Crippen LogP contribution in [0, 0.1) is 17.0 Å². The van der Waals surface area contributed by atoms with Crippen molar-refractivity contribution in [3.63, 3.8) is 0 Å². The highest BCUT2D eigenvalue weighted by molar-refractivity contribution is 5.94. The first-order valence-electron chi connectivity index (χ1n) is 9.42. The number of aromatic nitrogens is 2. The van der Waals surface area contributed by atoms with Crippen LogP contribution >= 0.6 is 0 Å². The maximum absolute atomic E-state index is 12.4. The standard InChI is InChI=1S/C21H20N4O6/c1-13-15(8-5-9-17(13)25(29)30)23-19(26)12-31-20(27)11-10-18-22-16-7-4-3-6-14(16)21(28)24(18)2/h3-9H,10-12H2,1-2H3,(H,23,26). The van der Waals surface area contributed by atoms with E-state index in [1.807, 2.05) is 0 Å². The van der Waals surface area contributed by atoms with Crippen molar-refractivity contribution in [2.45, 2.75) is 19.8 Å². The average Bonchev–Trinajstić information content (AvgIpc) is 2.75. The highest BCUT2D eigenvalue weighted by atomic mass is 16.6. The van der Waals surface area contributed by atoms with E-state index in [1.165, 1.54) is 29.7 Å². The zero-order chi connectivity index (χ0) is 22.5. The van der Waals surface area contributed by atoms with Gasteiger partial charge in [-0.25, -0.2) is 4.98 Å². The molecule has 31 heavy (non-hydrogen) atoms. The number of para-hydroxylation sites is 1. The molecular weight excluding hydrogens is 404 g/mol. The van der Waals surface area contributed by atoms with Crippen molar-refractivity contribution in [2.75, 3.05) is 11.9 Å². The molecule has 3 aromatic rings. The number of hydrogen-bond acceptors (Lipinski definition) is 7. The zero-order valence-electron chi connectivity index (χ0n) is 17.0. The summed E-state index contributed by atoms with van der Waals surface area (Å²) in [6.07, 6.45) is 0.1000. The van der Waals surface area contributed by atoms with Gasteiger partial charge in [-0.05, 0) is 25.1 Å². The smallest absolute Gasteiger partial charge is 0.306 e. The lowest BCUT2D eigenvalue weighted by Crippen LogP contribution is -2.24. The minimum atomic E-state index is -0.631. The fourth-order valence-corrected chi connectivity index (χ4v) is 3.06. The van der Waals surface area contributed by atoms with Crippen LogP contribution in [-0.4, -0.2) is 33.0 Å². The minimum Gasteiger partial charge on any atom is -0.456 e. The third kappa shape index (κ3) is 4.92. The Hall–Kier alpha value is -4.08. The fraction of sp³-hybridized carbons (Fsp3) is 0.238. The normalized spacial score (nSPS) is 10.6. The van der Waals surface area contributed by atoms with Crippen LogP contribution in [0.5, 0.6) is 0 Å². The van der Waals surface area contributed by atoms with Crippen LogP contribution in [0.25, 0.3) is 10.9 Å². The minimum absolute atomic E-state index is 0.0677. The molecule has 10 heteroatoms. The van der Waals surface area contributed by atoms with Gasteiger partial charge < -0.3 is 10.1 Å². The molecule has 0 radical (unpaired) electrons. The third-order valence-corrected chi connectivity index (χ3v) is 4.77. The summed E-state index contributed by atoms with van der Waals surface area (Å²) in [5.74, 6) is -0.821. The topological polar surface area (TPSA) is 133 Å². The summed E-state index contributed by atoms with van der Waals surface area (Å²) in [5, 5.41) is 14.0. The predicted molar refractivity (Wildman–Crippen MR) is 113 cm³/mol. The maximum Gasteiger partial charge on any atom is 0.306 e. The van der Waals surface area contributed by atoms with E-state index >= 15 is 0 Å². The Morgan fingerprint density at radius 2 is 1.94 bits per heavy atom. The average molecular weight is 424 g/mol. The third-order valence-electron chi connectivity index (χ3n) is 4.77. The molecule has 10 nitrogen and oxygen atoms in total. The number of nitro benzene ring substituents is 1. The van der Waals surface area contributed by atoms with Gasteiger partial charge in [-0.1, -0.05) is 18.2 Å². The zero-order valence-corrected chi connectivity index (χ0v) is 17.0. The SMILES string of the molecule is Cc1c(NC(=O)COC(=O)CCc2nc3ccccc3c(=O)n2C)cccc1[N+](=O)[O-]. The number of aryl methyl sites for hydroxylation is 1. The van der Waals surface area contributed by atoms with E-state index in [0.29, 0.717) is 22.3 Å². The van der Waals surface area contributed by atoms with Crippen LogP contribution < -0.4 is 10.9 Å². The van der Waals surface area contributed by atoms with E-state index < -0.39 is 23.4 Å². The van der Waals surface area contributed by atoms with Gasteiger partial charge in [0.1, 0.15) is 5.82 Å². The number of amides is 1. The maximum atomic E-state index is 12.4. The van der Waals surface area contributed by atoms with Crippen molar-refractivity contribution >= 4 is 34.2 Å². The lowest BCUT2D eigenvalue weighted by molar-refractivity contribution is -0.385. The molecule has 0 aliphatic heterocycles. The van der Waals surface area contributed by atoms with Gasteiger partial charge in [0.15, 0.2) is 6.61 Å². The molecule has 0 atom stereocenters. The monoisotopic (exact) mass is 424 g/mol. The molecule has 3 rings (SSSR count). The van der Waals surface area contributed by atoms with E-state index in [-0.39, 0.29) is 29.8 Å². The first kappa shape index (κ1) is 21.6. The van der Waals surface area contributed by atoms with Gasteiger partial charge in [0, 0.05) is 19.5 Å². The highest BCUT2D eigenvalue weighted by Crippen LogP contribution is 2.24. The molecule has 0 aliphatic rings. The van der Waals surface area contributed by atoms with E-state index in [4.69, 9.17) is 4.74 Å². The predicted octanol–water partition coefficient (Wildman–Crippen LogP) is 2.26. The van der Waals surface area contributed by atoms with Crippen molar-refractivity contribution in [3.8, 4) is 0 Å². The number of benzene rings is 2. The van der Waals surface area contributed by atoms with Crippen molar-refractivity contribution < 1.29 is 19.2 Å². The van der Waals surface area contributed by atoms with Gasteiger partial charge >= 0.3 is 5.97 Å². The second-order valence-corrected chi connectivity index (χ2v) is 6.83. The molecule has 0 saturated heterocycles. The number of fused-ring (bicyclic) bond motifs is 1. The number of nitrogens with one attached hydrogen (secondary N) is 1. The summed E-state index contributed by atoms with van der Waals surface area (Å²) in [7, 11) is 1.58. The first-order valence-corrected chi connectivity index (χ1v) is 9.42. The number of nitrogens with zero attached hydrogens (tertiary/aromatic N) is 3. The summed E-state index contributed by atoms with van der Waals surface area (Å²) < 4.78 is 6.36. The Kier molecular flexibility index (Phi) is 6.39. The molecule has 0 spiro atoms. The van der Waals surface area contributed by atoms with Crippen LogP contribution in [0.4, 0.5) is 11.4 Å². The number of hydrogen-bond donors (Lipinski definition) is 1. The summed E-state index contributed by atoms with van der Waals surface area (Å²) >= 11 is 0. The second kappa shape index (κ2) is 9.16. The molecule has 0 aliphatic carbocycles. The number of esters is 1. The van der Waals surface area contributed by atoms with Crippen molar-refractivity contribution in [3.05, 3.63) is 74.3 Å². The lowest BCUT2D eigenvalue weighted by Gasteiger charge is -2.10. The molecule has 1 heterocycles. The molecule has 0 unspecified atom stereocenters. The van der Waals surface area contributed by atoms with Gasteiger partial charge in [-0.2, -0.15) is 0 Å². The van der Waals surface area contributed by atoms with Gasteiger partial charge in [0.25, 0.3) is 17.2 Å². The van der Waals surface area contributed by atoms with Crippen molar-refractivity contribution in [1.29, 1.82) is 0 Å². The van der Waals surface area contributed by atoms with Crippen LogP contribution in [0.2, 0.25) is 0 Å². The molecule has 0 fully saturated rings. The van der Waals surface area contributed by atoms with Gasteiger partial charge in [-0.15, -0.1) is 0 Å². The largest absolute Gasteiger partial charge is 0.456 e. The molecule has 1 aromatic heterocycles. The Morgan fingerprint density at radius 3 is 2.68 bits per heavy atom. The van der Waals surface area contributed by atoms with E-state index in [2.05, 4.69) is 10.3 Å². The quantitative estimate of drug-likeness (QED) is 0.349. The first-order chi connectivity index (χ1) is 14.8. The lowest BCUT2D eigenvalue weighted by atomic mass is 10.1. The van der Waals surface area contributed by atoms with E-state index in [0.717, 1.165) is 0 Å². The van der Waals surface area contributed by atoms with Crippen LogP contribution in [0.1, 0.15) is 17.8 Å². The van der Waals surface area contributed by atoms with E-state index in [1.54, 1.807) is 31.3 Å². The van der Waals surface area contributed by atoms with Gasteiger partial charge in [0.05, 0.1) is 33.5 Å². The van der Waals surface area contributed by atoms with Crippen LogP contribution in [0.15, 0.2) is 47.3 Å². The molecule has 1 N–H and O–H groups in total. The van der Waals surface area contributed by atoms with Gasteiger partial charge in [0.2, 0.25) is 0 Å². The number of carbonyl (C=O) groups excluding carboxylic acids is 2.